The molecule has 0 bridgehead atoms. The van der Waals surface area contributed by atoms with Gasteiger partial charge >= 0.3 is 10.2 Å². The predicted octanol–water partition coefficient (Wildman–Crippen LogP) is -0.0753. The van der Waals surface area contributed by atoms with E-state index in [1.54, 1.807) is 4.90 Å². The van der Waals surface area contributed by atoms with Crippen LogP contribution in [0.3, 0.4) is 0 Å². The van der Waals surface area contributed by atoms with Gasteiger partial charge in [-0.3, -0.25) is 4.79 Å². The highest BCUT2D eigenvalue weighted by Gasteiger charge is 2.17. The van der Waals surface area contributed by atoms with Crippen molar-refractivity contribution in [1.82, 2.24) is 4.90 Å². The Balaban J connectivity index is 2.23. The van der Waals surface area contributed by atoms with E-state index in [4.69, 9.17) is 4.74 Å². The third kappa shape index (κ3) is 5.08. The van der Waals surface area contributed by atoms with E-state index in [1.165, 1.54) is 0 Å². The molecule has 0 spiro atoms. The van der Waals surface area contributed by atoms with Crippen molar-refractivity contribution >= 4 is 16.1 Å². The quantitative estimate of drug-likeness (QED) is 0.644. The number of hydrogen-bond donors (Lipinski definition) is 0. The van der Waals surface area contributed by atoms with Crippen molar-refractivity contribution in [2.75, 3.05) is 32.1 Å². The van der Waals surface area contributed by atoms with Crippen LogP contribution in [-0.2, 0) is 19.8 Å². The molecule has 0 aromatic carbocycles. The molecule has 88 valence electrons. The van der Waals surface area contributed by atoms with Gasteiger partial charge in [0.1, 0.15) is 0 Å². The molecule has 0 aliphatic carbocycles. The summed E-state index contributed by atoms with van der Waals surface area (Å²) in [6.45, 7) is 2.07. The first-order valence-electron chi connectivity index (χ1n) is 4.77. The van der Waals surface area contributed by atoms with Crippen LogP contribution in [-0.4, -0.2) is 51.3 Å². The molecule has 1 rings (SSSR count). The fraction of sp³-hybridized carbons (Fsp3) is 0.875. The van der Waals surface area contributed by atoms with E-state index in [2.05, 4.69) is 0 Å². The monoisotopic (exact) mass is 239 g/mol. The van der Waals surface area contributed by atoms with Crippen molar-refractivity contribution in [3.63, 3.8) is 0 Å². The van der Waals surface area contributed by atoms with Gasteiger partial charge in [-0.1, -0.05) is 0 Å². The number of carbonyl (C=O) groups excluding carboxylic acids is 1. The number of rotatable bonds is 4. The first-order chi connectivity index (χ1) is 6.99. The van der Waals surface area contributed by atoms with Gasteiger partial charge in [-0.15, -0.1) is 3.89 Å². The number of carbonyl (C=O) groups is 1. The average molecular weight is 239 g/mol. The fourth-order valence-corrected chi connectivity index (χ4v) is 1.86. The summed E-state index contributed by atoms with van der Waals surface area (Å²) in [6, 6.07) is 0. The second-order valence-electron chi connectivity index (χ2n) is 3.34. The van der Waals surface area contributed by atoms with Gasteiger partial charge in [0, 0.05) is 19.5 Å². The van der Waals surface area contributed by atoms with E-state index < -0.39 is 16.0 Å². The number of ether oxygens (including phenoxy) is 1. The molecule has 1 fully saturated rings. The molecule has 1 aliphatic rings. The summed E-state index contributed by atoms with van der Waals surface area (Å²) in [7, 11) is -4.45. The summed E-state index contributed by atoms with van der Waals surface area (Å²) in [5.74, 6) is -0.717. The number of hydrogen-bond acceptors (Lipinski definition) is 4. The van der Waals surface area contributed by atoms with E-state index >= 15 is 0 Å². The van der Waals surface area contributed by atoms with Crippen molar-refractivity contribution in [3.8, 4) is 0 Å². The molecule has 0 unspecified atom stereocenters. The summed E-state index contributed by atoms with van der Waals surface area (Å²) < 4.78 is 37.5. The highest BCUT2D eigenvalue weighted by atomic mass is 32.3. The Kier molecular flexibility index (Phi) is 4.46. The molecule has 5 nitrogen and oxygen atoms in total. The van der Waals surface area contributed by atoms with Gasteiger partial charge in [0.25, 0.3) is 0 Å². The zero-order valence-electron chi connectivity index (χ0n) is 8.32. The second-order valence-corrected chi connectivity index (χ2v) is 4.83. The van der Waals surface area contributed by atoms with Gasteiger partial charge in [0.2, 0.25) is 5.91 Å². The Morgan fingerprint density at radius 1 is 1.33 bits per heavy atom. The molecule has 0 radical (unpaired) electrons. The molecule has 0 saturated carbocycles. The molecule has 15 heavy (non-hydrogen) atoms. The summed E-state index contributed by atoms with van der Waals surface area (Å²) in [4.78, 5) is 13.0. The largest absolute Gasteiger partial charge is 0.378 e. The lowest BCUT2D eigenvalue weighted by molar-refractivity contribution is -0.135. The second kappa shape index (κ2) is 5.41. The van der Waals surface area contributed by atoms with Crippen molar-refractivity contribution in [3.05, 3.63) is 0 Å². The molecule has 0 N–H and O–H groups in total. The van der Waals surface area contributed by atoms with Crippen molar-refractivity contribution in [2.45, 2.75) is 12.8 Å². The van der Waals surface area contributed by atoms with Crippen LogP contribution < -0.4 is 0 Å². The first-order valence-corrected chi connectivity index (χ1v) is 6.32. The molecular formula is C8H14FNO4S. The van der Waals surface area contributed by atoms with Gasteiger partial charge in [0.15, 0.2) is 0 Å². The van der Waals surface area contributed by atoms with Gasteiger partial charge in [-0.25, -0.2) is 0 Å². The summed E-state index contributed by atoms with van der Waals surface area (Å²) in [5.41, 5.74) is 0. The van der Waals surface area contributed by atoms with E-state index in [1.807, 2.05) is 0 Å². The third-order valence-corrected chi connectivity index (χ3v) is 2.92. The lowest BCUT2D eigenvalue weighted by atomic mass is 10.3. The van der Waals surface area contributed by atoms with E-state index in [0.29, 0.717) is 26.3 Å². The van der Waals surface area contributed by atoms with Crippen molar-refractivity contribution in [1.29, 1.82) is 0 Å². The summed E-state index contributed by atoms with van der Waals surface area (Å²) >= 11 is 0. The topological polar surface area (TPSA) is 63.7 Å². The molecule has 1 amide bonds. The van der Waals surface area contributed by atoms with Crippen LogP contribution >= 0.6 is 0 Å². The minimum atomic E-state index is -4.45. The maximum absolute atomic E-state index is 12.1. The van der Waals surface area contributed by atoms with E-state index in [-0.39, 0.29) is 18.7 Å². The lowest BCUT2D eigenvalue weighted by Gasteiger charge is -2.26. The van der Waals surface area contributed by atoms with Crippen LogP contribution in [0.1, 0.15) is 12.8 Å². The maximum Gasteiger partial charge on any atom is 0.302 e. The number of amides is 1. The molecule has 7 heteroatoms. The Labute approximate surface area is 88.4 Å². The van der Waals surface area contributed by atoms with Gasteiger partial charge in [-0.05, 0) is 6.42 Å². The fourth-order valence-electron chi connectivity index (χ4n) is 1.37. The molecule has 0 aromatic rings. The molecule has 1 heterocycles. The Morgan fingerprint density at radius 2 is 1.93 bits per heavy atom. The number of nitrogens with zero attached hydrogens (tertiary/aromatic N) is 1. The molecule has 0 atom stereocenters. The normalized spacial score (nSPS) is 17.8. The average Bonchev–Trinajstić information content (AvgIpc) is 2.17. The van der Waals surface area contributed by atoms with Gasteiger partial charge in [-0.2, -0.15) is 8.42 Å². The van der Waals surface area contributed by atoms with Crippen molar-refractivity contribution < 1.29 is 21.8 Å². The molecule has 1 saturated heterocycles. The maximum atomic E-state index is 12.1. The third-order valence-electron chi connectivity index (χ3n) is 2.14. The SMILES string of the molecule is O=C(CCCS(=O)(=O)F)N1CCOCC1. The van der Waals surface area contributed by atoms with Crippen LogP contribution in [0.15, 0.2) is 0 Å². The summed E-state index contributed by atoms with van der Waals surface area (Å²) in [5, 5.41) is 0. The zero-order chi connectivity index (χ0) is 11.3. The Bertz CT molecular complexity index is 311. The standard InChI is InChI=1S/C8H14FNO4S/c9-15(12,13)7-1-2-8(11)10-3-5-14-6-4-10/h1-7H2. The highest BCUT2D eigenvalue weighted by molar-refractivity contribution is 7.86. The molecule has 0 aromatic heterocycles. The van der Waals surface area contributed by atoms with Crippen LogP contribution in [0.2, 0.25) is 0 Å². The lowest BCUT2D eigenvalue weighted by Crippen LogP contribution is -2.40. The van der Waals surface area contributed by atoms with E-state index in [9.17, 15) is 17.1 Å². The van der Waals surface area contributed by atoms with Crippen LogP contribution in [0.5, 0.6) is 0 Å². The first kappa shape index (κ1) is 12.4. The molecule has 1 aliphatic heterocycles. The number of morpholine rings is 1. The minimum absolute atomic E-state index is 0.0367. The summed E-state index contributed by atoms with van der Waals surface area (Å²) in [6.07, 6.45) is 0.109. The van der Waals surface area contributed by atoms with Gasteiger partial charge < -0.3 is 9.64 Å². The molecular weight excluding hydrogens is 225 g/mol. The Hall–Kier alpha value is -0.690. The minimum Gasteiger partial charge on any atom is -0.378 e. The number of halogens is 1. The smallest absolute Gasteiger partial charge is 0.302 e. The van der Waals surface area contributed by atoms with Crippen LogP contribution in [0, 0.1) is 0 Å². The van der Waals surface area contributed by atoms with Gasteiger partial charge in [0.05, 0.1) is 19.0 Å². The van der Waals surface area contributed by atoms with E-state index in [0.717, 1.165) is 0 Å². The van der Waals surface area contributed by atoms with Crippen molar-refractivity contribution in [2.24, 2.45) is 0 Å². The zero-order valence-corrected chi connectivity index (χ0v) is 9.13. The predicted molar refractivity (Wildman–Crippen MR) is 51.5 cm³/mol. The van der Waals surface area contributed by atoms with Crippen LogP contribution in [0.4, 0.5) is 3.89 Å². The Morgan fingerprint density at radius 3 is 2.47 bits per heavy atom. The highest BCUT2D eigenvalue weighted by Crippen LogP contribution is 2.04. The van der Waals surface area contributed by atoms with Crippen LogP contribution in [0.25, 0.3) is 0 Å².